The van der Waals surface area contributed by atoms with Gasteiger partial charge in [0.25, 0.3) is 0 Å². The van der Waals surface area contributed by atoms with Crippen LogP contribution in [0.4, 0.5) is 13.2 Å². The molecule has 1 saturated carbocycles. The van der Waals surface area contributed by atoms with E-state index in [1.807, 2.05) is 18.2 Å². The molecule has 1 fully saturated rings. The van der Waals surface area contributed by atoms with Gasteiger partial charge >= 0.3 is 12.1 Å². The van der Waals surface area contributed by atoms with Crippen molar-refractivity contribution in [2.45, 2.75) is 51.4 Å². The van der Waals surface area contributed by atoms with E-state index in [0.717, 1.165) is 16.7 Å². The second kappa shape index (κ2) is 10.1. The highest BCUT2D eigenvalue weighted by molar-refractivity contribution is 5.81. The Morgan fingerprint density at radius 2 is 1.97 bits per heavy atom. The number of alkyl halides is 3. The van der Waals surface area contributed by atoms with Crippen LogP contribution in [0.2, 0.25) is 0 Å². The molecule has 2 heterocycles. The van der Waals surface area contributed by atoms with Crippen LogP contribution < -0.4 is 5.32 Å². The quantitative estimate of drug-likeness (QED) is 0.337. The van der Waals surface area contributed by atoms with Gasteiger partial charge in [-0.2, -0.15) is 13.2 Å². The number of fused-ring (bicyclic) bond motifs is 3. The van der Waals surface area contributed by atoms with Crippen molar-refractivity contribution in [2.24, 2.45) is 5.92 Å². The second-order valence-corrected chi connectivity index (χ2v) is 9.50. The average molecular weight is 526 g/mol. The molecule has 10 heteroatoms. The van der Waals surface area contributed by atoms with E-state index in [0.29, 0.717) is 43.5 Å². The molecule has 3 aromatic rings. The summed E-state index contributed by atoms with van der Waals surface area (Å²) in [6.07, 6.45) is 3.58. The lowest BCUT2D eigenvalue weighted by Gasteiger charge is -2.33. The van der Waals surface area contributed by atoms with Crippen molar-refractivity contribution in [1.82, 2.24) is 15.6 Å². The number of benzene rings is 1. The number of carboxylic acids is 1. The predicted molar refractivity (Wildman–Crippen MR) is 134 cm³/mol. The maximum atomic E-state index is 14.2. The number of aryl methyl sites for hydroxylation is 1. The van der Waals surface area contributed by atoms with Gasteiger partial charge in [0.05, 0.1) is 5.92 Å². The molecule has 2 aliphatic carbocycles. The number of halogens is 3. The van der Waals surface area contributed by atoms with E-state index in [1.54, 1.807) is 19.1 Å². The van der Waals surface area contributed by atoms with E-state index in [-0.39, 0.29) is 29.0 Å². The zero-order chi connectivity index (χ0) is 27.0. The van der Waals surface area contributed by atoms with Gasteiger partial charge in [0.2, 0.25) is 11.5 Å². The number of nitrogens with zero attached hydrogens (tertiary/aromatic N) is 2. The van der Waals surface area contributed by atoms with Gasteiger partial charge in [0.15, 0.2) is 0 Å². The zero-order valence-electron chi connectivity index (χ0n) is 20.6. The molecule has 0 bridgehead atoms. The first-order valence-electron chi connectivity index (χ1n) is 12.3. The van der Waals surface area contributed by atoms with E-state index < -0.39 is 23.5 Å². The molecule has 0 aliphatic heterocycles. The Morgan fingerprint density at radius 1 is 1.21 bits per heavy atom. The number of carbonyl (C=O) groups is 1. The first kappa shape index (κ1) is 25.7. The van der Waals surface area contributed by atoms with E-state index >= 15 is 0 Å². The van der Waals surface area contributed by atoms with Crippen LogP contribution in [-0.2, 0) is 30.4 Å². The molecule has 2 aliphatic rings. The molecule has 1 aromatic carbocycles. The van der Waals surface area contributed by atoms with Crippen LogP contribution in [-0.4, -0.2) is 27.4 Å². The van der Waals surface area contributed by atoms with Gasteiger partial charge in [0.1, 0.15) is 17.0 Å². The van der Waals surface area contributed by atoms with Crippen molar-refractivity contribution in [3.63, 3.8) is 0 Å². The number of rotatable bonds is 8. The second-order valence-electron chi connectivity index (χ2n) is 9.50. The molecule has 0 atom stereocenters. The van der Waals surface area contributed by atoms with Crippen molar-refractivity contribution in [2.75, 3.05) is 0 Å². The van der Waals surface area contributed by atoms with Gasteiger partial charge in [-0.25, -0.2) is 0 Å². The topological polar surface area (TPSA) is 101 Å². The summed E-state index contributed by atoms with van der Waals surface area (Å²) < 4.78 is 53.3. The summed E-state index contributed by atoms with van der Waals surface area (Å²) in [4.78, 5) is 11.0. The molecule has 0 amide bonds. The first-order valence-corrected chi connectivity index (χ1v) is 12.3. The summed E-state index contributed by atoms with van der Waals surface area (Å²) >= 11 is 0. The Morgan fingerprint density at radius 3 is 2.66 bits per heavy atom. The number of aliphatic carboxylic acids is 1. The van der Waals surface area contributed by atoms with Gasteiger partial charge in [-0.3, -0.25) is 4.79 Å². The van der Waals surface area contributed by atoms with Crippen molar-refractivity contribution in [1.29, 1.82) is 0 Å². The van der Waals surface area contributed by atoms with E-state index in [9.17, 15) is 18.0 Å². The fourth-order valence-electron chi connectivity index (χ4n) is 4.98. The summed E-state index contributed by atoms with van der Waals surface area (Å²) in [6.45, 7) is 5.96. The zero-order valence-corrected chi connectivity index (χ0v) is 20.6. The summed E-state index contributed by atoms with van der Waals surface area (Å²) in [5.74, 6) is -1.61. The third-order valence-electron chi connectivity index (χ3n) is 7.08. The molecular weight excluding hydrogens is 499 g/mol. The smallest absolute Gasteiger partial charge is 0.422 e. The highest BCUT2D eigenvalue weighted by atomic mass is 19.4. The average Bonchev–Trinajstić information content (AvgIpc) is 3.47. The molecule has 2 aromatic heterocycles. The van der Waals surface area contributed by atoms with Crippen LogP contribution in [0, 0.1) is 5.92 Å². The summed E-state index contributed by atoms with van der Waals surface area (Å²) in [5, 5.41) is 20.3. The molecule has 5 rings (SSSR count). The molecule has 0 unspecified atom stereocenters. The fraction of sp³-hybridized carbons (Fsp3) is 0.321. The number of allylic oxidation sites excluding steroid dienone is 5. The van der Waals surface area contributed by atoms with Gasteiger partial charge in [-0.15, -0.1) is 0 Å². The lowest BCUT2D eigenvalue weighted by molar-refractivity contribution is -0.145. The number of hydrogen-bond donors (Lipinski definition) is 2. The normalized spacial score (nSPS) is 19.2. The van der Waals surface area contributed by atoms with Crippen LogP contribution in [0.1, 0.15) is 47.7 Å². The molecule has 2 N–H and O–H groups in total. The summed E-state index contributed by atoms with van der Waals surface area (Å²) in [7, 11) is 0. The molecular formula is C28H26F3N3O4. The number of carboxylic acid groups (broad SMARTS) is 1. The van der Waals surface area contributed by atoms with Crippen molar-refractivity contribution in [3.05, 3.63) is 77.0 Å². The van der Waals surface area contributed by atoms with Crippen molar-refractivity contribution >= 4 is 11.5 Å². The molecule has 198 valence electrons. The van der Waals surface area contributed by atoms with Gasteiger partial charge < -0.3 is 19.5 Å². The van der Waals surface area contributed by atoms with Crippen LogP contribution >= 0.6 is 0 Å². The number of nitrogens with one attached hydrogen (secondary N) is 1. The third-order valence-corrected chi connectivity index (χ3v) is 7.08. The summed E-state index contributed by atoms with van der Waals surface area (Å²) in [5.41, 5.74) is 2.68. The monoisotopic (exact) mass is 525 g/mol. The summed E-state index contributed by atoms with van der Waals surface area (Å²) in [6, 6.07) is 6.05. The number of hydrogen-bond acceptors (Lipinski definition) is 6. The molecule has 0 spiro atoms. The lowest BCUT2D eigenvalue weighted by atomic mass is 9.80. The van der Waals surface area contributed by atoms with Gasteiger partial charge in [0, 0.05) is 29.3 Å². The standard InChI is InChI=1S/C28H26F3N3O4/c1-3-5-6-16(4-2)23-22(28(29,30)31)26(38-33-23)25-21-10-8-17-11-15(7-9-20(17)24(21)34-37-25)14-32-19-12-18(13-19)27(35)36/h3-7,9,11,18-19,32H,2,8,10,12-14H2,1H3,(H,35,36)/b5-3-,16-6+. The third kappa shape index (κ3) is 4.71. The van der Waals surface area contributed by atoms with Crippen molar-refractivity contribution < 1.29 is 32.1 Å². The van der Waals surface area contributed by atoms with Crippen LogP contribution in [0.3, 0.4) is 0 Å². The largest absolute Gasteiger partial charge is 0.481 e. The first-order chi connectivity index (χ1) is 18.2. The molecule has 0 radical (unpaired) electrons. The Bertz CT molecular complexity index is 1440. The minimum absolute atomic E-state index is 0.0742. The van der Waals surface area contributed by atoms with E-state index in [4.69, 9.17) is 14.2 Å². The minimum Gasteiger partial charge on any atom is -0.481 e. The molecule has 0 saturated heterocycles. The Balaban J connectivity index is 1.43. The molecule has 38 heavy (non-hydrogen) atoms. The van der Waals surface area contributed by atoms with Gasteiger partial charge in [-0.1, -0.05) is 59.4 Å². The molecule has 7 nitrogen and oxygen atoms in total. The fourth-order valence-corrected chi connectivity index (χ4v) is 4.98. The van der Waals surface area contributed by atoms with E-state index in [1.165, 1.54) is 12.2 Å². The van der Waals surface area contributed by atoms with Crippen LogP contribution in [0.15, 0.2) is 58.1 Å². The Labute approximate surface area is 216 Å². The Hall–Kier alpha value is -3.92. The Kier molecular flexibility index (Phi) is 6.83. The maximum Gasteiger partial charge on any atom is 0.422 e. The highest BCUT2D eigenvalue weighted by Crippen LogP contribution is 2.46. The van der Waals surface area contributed by atoms with E-state index in [2.05, 4.69) is 22.2 Å². The highest BCUT2D eigenvalue weighted by Gasteiger charge is 2.43. The van der Waals surface area contributed by atoms with Crippen molar-refractivity contribution in [3.8, 4) is 22.8 Å². The van der Waals surface area contributed by atoms with Crippen LogP contribution in [0.5, 0.6) is 0 Å². The number of aromatic nitrogens is 2. The van der Waals surface area contributed by atoms with Crippen LogP contribution in [0.25, 0.3) is 28.4 Å². The lowest BCUT2D eigenvalue weighted by Crippen LogP contribution is -2.43. The van der Waals surface area contributed by atoms with Gasteiger partial charge in [-0.05, 0) is 43.7 Å². The maximum absolute atomic E-state index is 14.2. The predicted octanol–water partition coefficient (Wildman–Crippen LogP) is 6.21. The minimum atomic E-state index is -4.75. The SMILES string of the molecule is C=C/C(=C\C=C/C)c1noc(-c2onc3c2CCc2cc(CNC4CC(C(=O)O)C4)ccc2-3)c1C(F)(F)F.